The maximum Gasteiger partial charge on any atom is 0.312 e. The number of benzene rings is 2. The summed E-state index contributed by atoms with van der Waals surface area (Å²) >= 11 is 0. The van der Waals surface area contributed by atoms with Gasteiger partial charge in [0.15, 0.2) is 0 Å². The lowest BCUT2D eigenvalue weighted by molar-refractivity contribution is -0.116. The third kappa shape index (κ3) is 5.70. The van der Waals surface area contributed by atoms with E-state index in [-0.39, 0.29) is 17.9 Å². The van der Waals surface area contributed by atoms with Crippen LogP contribution in [0.3, 0.4) is 0 Å². The number of primary amides is 1. The van der Waals surface area contributed by atoms with Crippen LogP contribution in [0.2, 0.25) is 0 Å². The van der Waals surface area contributed by atoms with Crippen molar-refractivity contribution in [3.8, 4) is 0 Å². The van der Waals surface area contributed by atoms with Gasteiger partial charge in [0.1, 0.15) is 5.82 Å². The van der Waals surface area contributed by atoms with Crippen molar-refractivity contribution in [3.05, 3.63) is 59.9 Å². The number of carbonyl (C=O) groups excluding carboxylic acids is 2. The molecule has 1 heterocycles. The Labute approximate surface area is 170 Å². The molecular weight excluding hydrogens is 371 g/mol. The number of para-hydroxylation sites is 2. The Morgan fingerprint density at radius 2 is 1.66 bits per heavy atom. The number of carbonyl (C=O) groups is 2. The molecule has 0 unspecified atom stereocenters. The van der Waals surface area contributed by atoms with Gasteiger partial charge in [0.25, 0.3) is 0 Å². The SMILES string of the molecule is NC(=O)N[C@H](CC(=O)Nc1ccccc1N1CCCCCC1)c1ccccc1F. The van der Waals surface area contributed by atoms with Gasteiger partial charge in [-0.1, -0.05) is 43.2 Å². The second kappa shape index (κ2) is 9.91. The molecule has 154 valence electrons. The predicted octanol–water partition coefficient (Wildman–Crippen LogP) is 3.94. The summed E-state index contributed by atoms with van der Waals surface area (Å²) in [6, 6.07) is 12.0. The summed E-state index contributed by atoms with van der Waals surface area (Å²) in [6.45, 7) is 1.90. The van der Waals surface area contributed by atoms with Crippen LogP contribution in [0.15, 0.2) is 48.5 Å². The van der Waals surface area contributed by atoms with E-state index < -0.39 is 17.9 Å². The smallest absolute Gasteiger partial charge is 0.312 e. The summed E-state index contributed by atoms with van der Waals surface area (Å²) in [4.78, 5) is 26.4. The van der Waals surface area contributed by atoms with Gasteiger partial charge in [0.05, 0.1) is 23.8 Å². The first kappa shape index (κ1) is 20.6. The lowest BCUT2D eigenvalue weighted by atomic mass is 10.0. The fourth-order valence-corrected chi connectivity index (χ4v) is 3.72. The summed E-state index contributed by atoms with van der Waals surface area (Å²) in [5, 5.41) is 5.39. The molecule has 4 N–H and O–H groups in total. The molecule has 3 amide bonds. The van der Waals surface area contributed by atoms with Crippen LogP contribution in [0, 0.1) is 5.82 Å². The number of amides is 3. The maximum absolute atomic E-state index is 14.2. The molecular formula is C22H27FN4O2. The van der Waals surface area contributed by atoms with Gasteiger partial charge in [-0.15, -0.1) is 0 Å². The molecule has 1 aliphatic heterocycles. The van der Waals surface area contributed by atoms with Crippen molar-refractivity contribution in [2.24, 2.45) is 5.73 Å². The van der Waals surface area contributed by atoms with Crippen molar-refractivity contribution in [1.29, 1.82) is 0 Å². The summed E-state index contributed by atoms with van der Waals surface area (Å²) in [6.07, 6.45) is 4.56. The molecule has 0 bridgehead atoms. The van der Waals surface area contributed by atoms with Gasteiger partial charge >= 0.3 is 6.03 Å². The van der Waals surface area contributed by atoms with Crippen LogP contribution in [0.1, 0.15) is 43.7 Å². The number of hydrogen-bond acceptors (Lipinski definition) is 3. The molecule has 3 rings (SSSR count). The molecule has 1 atom stereocenters. The molecule has 0 saturated carbocycles. The topological polar surface area (TPSA) is 87.5 Å². The molecule has 0 aromatic heterocycles. The van der Waals surface area contributed by atoms with E-state index in [0.717, 1.165) is 31.6 Å². The Morgan fingerprint density at radius 1 is 1.00 bits per heavy atom. The highest BCUT2D eigenvalue weighted by Gasteiger charge is 2.22. The molecule has 2 aromatic rings. The van der Waals surface area contributed by atoms with E-state index >= 15 is 0 Å². The van der Waals surface area contributed by atoms with Crippen LogP contribution in [0.25, 0.3) is 0 Å². The van der Waals surface area contributed by atoms with E-state index in [9.17, 15) is 14.0 Å². The molecule has 6 nitrogen and oxygen atoms in total. The van der Waals surface area contributed by atoms with Crippen molar-refractivity contribution < 1.29 is 14.0 Å². The van der Waals surface area contributed by atoms with E-state index in [0.29, 0.717) is 5.69 Å². The number of rotatable bonds is 6. The van der Waals surface area contributed by atoms with E-state index in [2.05, 4.69) is 15.5 Å². The number of nitrogens with two attached hydrogens (primary N) is 1. The van der Waals surface area contributed by atoms with Crippen LogP contribution >= 0.6 is 0 Å². The summed E-state index contributed by atoms with van der Waals surface area (Å²) in [5.41, 5.74) is 7.15. The van der Waals surface area contributed by atoms with Crippen molar-refractivity contribution in [3.63, 3.8) is 0 Å². The van der Waals surface area contributed by atoms with E-state index in [1.807, 2.05) is 24.3 Å². The van der Waals surface area contributed by atoms with Crippen LogP contribution in [-0.2, 0) is 4.79 Å². The minimum absolute atomic E-state index is 0.127. The molecule has 29 heavy (non-hydrogen) atoms. The zero-order valence-corrected chi connectivity index (χ0v) is 16.4. The number of hydrogen-bond donors (Lipinski definition) is 3. The fraction of sp³-hybridized carbons (Fsp3) is 0.364. The van der Waals surface area contributed by atoms with Gasteiger partial charge in [-0.2, -0.15) is 0 Å². The highest BCUT2D eigenvalue weighted by Crippen LogP contribution is 2.29. The second-order valence-corrected chi connectivity index (χ2v) is 7.25. The number of anilines is 2. The van der Waals surface area contributed by atoms with Gasteiger partial charge in [-0.25, -0.2) is 9.18 Å². The Balaban J connectivity index is 1.75. The molecule has 0 aliphatic carbocycles. The molecule has 1 aliphatic rings. The Kier molecular flexibility index (Phi) is 7.05. The second-order valence-electron chi connectivity index (χ2n) is 7.25. The number of nitrogens with zero attached hydrogens (tertiary/aromatic N) is 1. The summed E-state index contributed by atoms with van der Waals surface area (Å²) < 4.78 is 14.2. The first-order valence-corrected chi connectivity index (χ1v) is 9.99. The van der Waals surface area contributed by atoms with Crippen LogP contribution in [-0.4, -0.2) is 25.0 Å². The molecule has 7 heteroatoms. The van der Waals surface area contributed by atoms with E-state index in [1.165, 1.54) is 25.0 Å². The van der Waals surface area contributed by atoms with Gasteiger partial charge < -0.3 is 21.3 Å². The largest absolute Gasteiger partial charge is 0.370 e. The number of urea groups is 1. The van der Waals surface area contributed by atoms with Crippen molar-refractivity contribution in [2.45, 2.75) is 38.1 Å². The Bertz CT molecular complexity index is 850. The average molecular weight is 398 g/mol. The third-order valence-corrected chi connectivity index (χ3v) is 5.11. The lowest BCUT2D eigenvalue weighted by Gasteiger charge is -2.26. The molecule has 0 radical (unpaired) electrons. The van der Waals surface area contributed by atoms with Gasteiger partial charge in [-0.3, -0.25) is 4.79 Å². The minimum Gasteiger partial charge on any atom is -0.370 e. The first-order chi connectivity index (χ1) is 14.0. The fourth-order valence-electron chi connectivity index (χ4n) is 3.72. The van der Waals surface area contributed by atoms with Gasteiger partial charge in [0, 0.05) is 18.7 Å². The highest BCUT2D eigenvalue weighted by atomic mass is 19.1. The van der Waals surface area contributed by atoms with E-state index in [4.69, 9.17) is 5.73 Å². The van der Waals surface area contributed by atoms with Crippen molar-refractivity contribution >= 4 is 23.3 Å². The minimum atomic E-state index is -0.848. The zero-order valence-electron chi connectivity index (χ0n) is 16.4. The van der Waals surface area contributed by atoms with Gasteiger partial charge in [-0.05, 0) is 31.0 Å². The van der Waals surface area contributed by atoms with E-state index in [1.54, 1.807) is 12.1 Å². The monoisotopic (exact) mass is 398 g/mol. The van der Waals surface area contributed by atoms with Crippen molar-refractivity contribution in [2.75, 3.05) is 23.3 Å². The predicted molar refractivity (Wildman–Crippen MR) is 112 cm³/mol. The highest BCUT2D eigenvalue weighted by molar-refractivity contribution is 5.95. The summed E-state index contributed by atoms with van der Waals surface area (Å²) in [5.74, 6) is -0.821. The summed E-state index contributed by atoms with van der Waals surface area (Å²) in [7, 11) is 0. The normalized spacial score (nSPS) is 15.3. The van der Waals surface area contributed by atoms with Crippen LogP contribution < -0.4 is 21.3 Å². The van der Waals surface area contributed by atoms with Gasteiger partial charge in [0.2, 0.25) is 5.91 Å². The van der Waals surface area contributed by atoms with Crippen LogP contribution in [0.4, 0.5) is 20.6 Å². The maximum atomic E-state index is 14.2. The quantitative estimate of drug-likeness (QED) is 0.689. The molecule has 1 saturated heterocycles. The zero-order chi connectivity index (χ0) is 20.6. The lowest BCUT2D eigenvalue weighted by Crippen LogP contribution is -2.35. The Morgan fingerprint density at radius 3 is 2.34 bits per heavy atom. The average Bonchev–Trinajstić information content (AvgIpc) is 2.97. The first-order valence-electron chi connectivity index (χ1n) is 9.99. The molecule has 1 fully saturated rings. The Hall–Kier alpha value is -3.09. The molecule has 2 aromatic carbocycles. The standard InChI is InChI=1S/C22H27FN4O2/c23-17-10-4-3-9-16(17)19(26-22(24)29)15-21(28)25-18-11-5-6-12-20(18)27-13-7-1-2-8-14-27/h3-6,9-12,19H,1-2,7-8,13-15H2,(H,25,28)(H3,24,26,29)/t19-/m1/s1. The number of nitrogens with one attached hydrogen (secondary N) is 2. The number of halogens is 1. The van der Waals surface area contributed by atoms with Crippen LogP contribution in [0.5, 0.6) is 0 Å². The third-order valence-electron chi connectivity index (χ3n) is 5.11. The van der Waals surface area contributed by atoms with Crippen molar-refractivity contribution in [1.82, 2.24) is 5.32 Å². The molecule has 0 spiro atoms.